The van der Waals surface area contributed by atoms with Crippen LogP contribution in [0.25, 0.3) is 6.08 Å². The van der Waals surface area contributed by atoms with Gasteiger partial charge in [-0.3, -0.25) is 0 Å². The van der Waals surface area contributed by atoms with Crippen molar-refractivity contribution in [3.63, 3.8) is 0 Å². The van der Waals surface area contributed by atoms with Gasteiger partial charge in [0, 0.05) is 5.02 Å². The highest BCUT2D eigenvalue weighted by Crippen LogP contribution is 2.21. The maximum Gasteiger partial charge on any atom is 0.0414 e. The molecule has 1 rings (SSSR count). The number of halogens is 1. The largest absolute Gasteiger partial charge is 0.0985 e. The van der Waals surface area contributed by atoms with Crippen LogP contribution >= 0.6 is 11.6 Å². The van der Waals surface area contributed by atoms with E-state index in [2.05, 4.69) is 19.6 Å². The standard InChI is InChI=1S/C11H12Cl/c1-4-9-5-10(8(2)3)7-11(12)6-9/h4-8H,1-2H2,3H3. The monoisotopic (exact) mass is 179 g/mol. The lowest BCUT2D eigenvalue weighted by molar-refractivity contribution is 0.964. The maximum absolute atomic E-state index is 5.90. The lowest BCUT2D eigenvalue weighted by Crippen LogP contribution is -1.88. The summed E-state index contributed by atoms with van der Waals surface area (Å²) in [5.41, 5.74) is 2.20. The Bertz CT molecular complexity index is 287. The summed E-state index contributed by atoms with van der Waals surface area (Å²) in [7, 11) is 0. The molecule has 1 atom stereocenters. The molecule has 0 heterocycles. The summed E-state index contributed by atoms with van der Waals surface area (Å²) < 4.78 is 0. The Hall–Kier alpha value is -0.750. The minimum atomic E-state index is 0.266. The lowest BCUT2D eigenvalue weighted by atomic mass is 10.0. The van der Waals surface area contributed by atoms with E-state index in [0.717, 1.165) is 16.1 Å². The van der Waals surface area contributed by atoms with Crippen LogP contribution in [-0.2, 0) is 0 Å². The van der Waals surface area contributed by atoms with Gasteiger partial charge in [-0.05, 0) is 36.1 Å². The van der Waals surface area contributed by atoms with Crippen molar-refractivity contribution in [1.82, 2.24) is 0 Å². The van der Waals surface area contributed by atoms with Crippen molar-refractivity contribution in [2.75, 3.05) is 0 Å². The van der Waals surface area contributed by atoms with E-state index < -0.39 is 0 Å². The summed E-state index contributed by atoms with van der Waals surface area (Å²) in [5, 5.41) is 0.748. The van der Waals surface area contributed by atoms with Crippen LogP contribution in [0.2, 0.25) is 5.02 Å². The molecule has 1 aromatic carbocycles. The Morgan fingerprint density at radius 1 is 1.42 bits per heavy atom. The van der Waals surface area contributed by atoms with Gasteiger partial charge in [0.15, 0.2) is 0 Å². The summed E-state index contributed by atoms with van der Waals surface area (Å²) in [6.45, 7) is 9.67. The second kappa shape index (κ2) is 3.77. The average Bonchev–Trinajstić information content (AvgIpc) is 2.03. The van der Waals surface area contributed by atoms with E-state index in [1.165, 1.54) is 0 Å². The van der Waals surface area contributed by atoms with Gasteiger partial charge in [-0.15, -0.1) is 0 Å². The number of rotatable bonds is 2. The molecule has 0 amide bonds. The van der Waals surface area contributed by atoms with Crippen molar-refractivity contribution in [3.8, 4) is 0 Å². The fraction of sp³-hybridized carbons (Fsp3) is 0.182. The van der Waals surface area contributed by atoms with Crippen molar-refractivity contribution >= 4 is 17.7 Å². The van der Waals surface area contributed by atoms with Gasteiger partial charge >= 0.3 is 0 Å². The average molecular weight is 180 g/mol. The molecule has 0 aromatic heterocycles. The summed E-state index contributed by atoms with van der Waals surface area (Å²) in [6, 6.07) is 5.88. The van der Waals surface area contributed by atoms with Crippen LogP contribution in [0.4, 0.5) is 0 Å². The number of benzene rings is 1. The number of hydrogen-bond donors (Lipinski definition) is 0. The highest BCUT2D eigenvalue weighted by atomic mass is 35.5. The Morgan fingerprint density at radius 2 is 2.08 bits per heavy atom. The Balaban J connectivity index is 3.14. The zero-order valence-electron chi connectivity index (χ0n) is 7.18. The third kappa shape index (κ3) is 2.12. The zero-order valence-corrected chi connectivity index (χ0v) is 7.93. The van der Waals surface area contributed by atoms with E-state index in [1.807, 2.05) is 19.1 Å². The minimum Gasteiger partial charge on any atom is -0.0985 e. The molecule has 0 aliphatic rings. The molecule has 0 bridgehead atoms. The summed E-state index contributed by atoms with van der Waals surface area (Å²) in [6.07, 6.45) is 1.79. The first kappa shape index (κ1) is 9.34. The van der Waals surface area contributed by atoms with E-state index in [0.29, 0.717) is 0 Å². The molecule has 12 heavy (non-hydrogen) atoms. The zero-order chi connectivity index (χ0) is 9.14. The van der Waals surface area contributed by atoms with Crippen LogP contribution < -0.4 is 0 Å². The lowest BCUT2D eigenvalue weighted by Gasteiger charge is -2.06. The minimum absolute atomic E-state index is 0.266. The van der Waals surface area contributed by atoms with Gasteiger partial charge in [0.1, 0.15) is 0 Å². The van der Waals surface area contributed by atoms with Crippen LogP contribution in [0, 0.1) is 6.92 Å². The normalized spacial score (nSPS) is 10.3. The van der Waals surface area contributed by atoms with Crippen LogP contribution in [0.3, 0.4) is 0 Å². The molecule has 1 heteroatoms. The smallest absolute Gasteiger partial charge is 0.0414 e. The SMILES string of the molecule is [CH2]C(C)c1cc(Cl)cc(C=C)c1. The van der Waals surface area contributed by atoms with Crippen molar-refractivity contribution < 1.29 is 0 Å². The van der Waals surface area contributed by atoms with Gasteiger partial charge in [-0.1, -0.05) is 37.2 Å². The highest BCUT2D eigenvalue weighted by molar-refractivity contribution is 6.30. The summed E-state index contributed by atoms with van der Waals surface area (Å²) in [5.74, 6) is 0.266. The van der Waals surface area contributed by atoms with Crippen LogP contribution in [0.1, 0.15) is 24.0 Å². The van der Waals surface area contributed by atoms with Gasteiger partial charge in [-0.2, -0.15) is 0 Å². The molecule has 63 valence electrons. The van der Waals surface area contributed by atoms with Gasteiger partial charge in [0.2, 0.25) is 0 Å². The quantitative estimate of drug-likeness (QED) is 0.646. The third-order valence-electron chi connectivity index (χ3n) is 1.75. The second-order valence-electron chi connectivity index (χ2n) is 2.92. The van der Waals surface area contributed by atoms with E-state index in [4.69, 9.17) is 11.6 Å². The third-order valence-corrected chi connectivity index (χ3v) is 1.97. The molecule has 1 unspecified atom stereocenters. The molecule has 0 nitrogen and oxygen atoms in total. The molecule has 0 spiro atoms. The molecule has 0 saturated heterocycles. The Kier molecular flexibility index (Phi) is 2.93. The van der Waals surface area contributed by atoms with E-state index in [1.54, 1.807) is 6.08 Å². The molecule has 0 saturated carbocycles. The fourth-order valence-electron chi connectivity index (χ4n) is 1.04. The predicted molar refractivity (Wildman–Crippen MR) is 55.3 cm³/mol. The highest BCUT2D eigenvalue weighted by Gasteiger charge is 2.01. The molecular formula is C11H12Cl. The van der Waals surface area contributed by atoms with Crippen molar-refractivity contribution in [3.05, 3.63) is 47.9 Å². The Labute approximate surface area is 78.9 Å². The topological polar surface area (TPSA) is 0 Å². The first-order chi connectivity index (χ1) is 5.63. The fourth-order valence-corrected chi connectivity index (χ4v) is 1.29. The van der Waals surface area contributed by atoms with Gasteiger partial charge in [0.25, 0.3) is 0 Å². The first-order valence-electron chi connectivity index (χ1n) is 3.89. The van der Waals surface area contributed by atoms with Gasteiger partial charge < -0.3 is 0 Å². The molecule has 0 fully saturated rings. The van der Waals surface area contributed by atoms with Crippen LogP contribution in [0.15, 0.2) is 24.8 Å². The van der Waals surface area contributed by atoms with Gasteiger partial charge in [0.05, 0.1) is 0 Å². The molecule has 0 N–H and O–H groups in total. The molecule has 1 aromatic rings. The van der Waals surface area contributed by atoms with Crippen molar-refractivity contribution in [2.24, 2.45) is 0 Å². The molecule has 0 aliphatic heterocycles. The maximum atomic E-state index is 5.90. The summed E-state index contributed by atoms with van der Waals surface area (Å²) >= 11 is 5.90. The van der Waals surface area contributed by atoms with Gasteiger partial charge in [-0.25, -0.2) is 0 Å². The second-order valence-corrected chi connectivity index (χ2v) is 3.36. The van der Waals surface area contributed by atoms with Crippen LogP contribution in [-0.4, -0.2) is 0 Å². The predicted octanol–water partition coefficient (Wildman–Crippen LogP) is 3.92. The molecule has 1 radical (unpaired) electrons. The molecular weight excluding hydrogens is 168 g/mol. The van der Waals surface area contributed by atoms with E-state index in [9.17, 15) is 0 Å². The number of hydrogen-bond acceptors (Lipinski definition) is 0. The molecule has 0 aliphatic carbocycles. The first-order valence-corrected chi connectivity index (χ1v) is 4.27. The Morgan fingerprint density at radius 3 is 2.58 bits per heavy atom. The van der Waals surface area contributed by atoms with E-state index in [-0.39, 0.29) is 5.92 Å². The van der Waals surface area contributed by atoms with Crippen LogP contribution in [0.5, 0.6) is 0 Å². The van der Waals surface area contributed by atoms with Crippen molar-refractivity contribution in [2.45, 2.75) is 12.8 Å². The van der Waals surface area contributed by atoms with E-state index >= 15 is 0 Å². The van der Waals surface area contributed by atoms with Crippen molar-refractivity contribution in [1.29, 1.82) is 0 Å². The summed E-state index contributed by atoms with van der Waals surface area (Å²) in [4.78, 5) is 0.